The molecule has 0 aliphatic carbocycles. The molecular formula is C14H23ClN2O2. The van der Waals surface area contributed by atoms with Crippen LogP contribution in [0.1, 0.15) is 6.92 Å². The molecule has 19 heavy (non-hydrogen) atoms. The first-order valence-corrected chi connectivity index (χ1v) is 6.22. The topological polar surface area (TPSA) is 41.6 Å². The van der Waals surface area contributed by atoms with Gasteiger partial charge in [-0.05, 0) is 19.2 Å². The second kappa shape index (κ2) is 9.64. The van der Waals surface area contributed by atoms with Crippen molar-refractivity contribution in [1.29, 1.82) is 0 Å². The maximum atomic E-state index is 12.0. The highest BCUT2D eigenvalue weighted by Gasteiger charge is 2.17. The zero-order chi connectivity index (χ0) is 13.4. The predicted molar refractivity (Wildman–Crippen MR) is 79.9 cm³/mol. The van der Waals surface area contributed by atoms with E-state index >= 15 is 0 Å². The molecule has 0 fully saturated rings. The summed E-state index contributed by atoms with van der Waals surface area (Å²) < 4.78 is 5.58. The van der Waals surface area contributed by atoms with Gasteiger partial charge >= 0.3 is 0 Å². The van der Waals surface area contributed by atoms with Crippen LogP contribution in [0.2, 0.25) is 0 Å². The van der Waals surface area contributed by atoms with Crippen LogP contribution in [0.3, 0.4) is 0 Å². The van der Waals surface area contributed by atoms with Crippen molar-refractivity contribution >= 4 is 18.3 Å². The molecule has 0 aliphatic rings. The van der Waals surface area contributed by atoms with E-state index in [1.165, 1.54) is 0 Å². The molecule has 1 rings (SSSR count). The van der Waals surface area contributed by atoms with Crippen molar-refractivity contribution in [3.05, 3.63) is 30.3 Å². The van der Waals surface area contributed by atoms with Crippen molar-refractivity contribution < 1.29 is 9.53 Å². The Balaban J connectivity index is 0.00000324. The summed E-state index contributed by atoms with van der Waals surface area (Å²) in [5.74, 6) is 0.781. The number of nitrogens with one attached hydrogen (secondary N) is 1. The Labute approximate surface area is 121 Å². The summed E-state index contributed by atoms with van der Waals surface area (Å²) in [7, 11) is 3.69. The summed E-state index contributed by atoms with van der Waals surface area (Å²) in [5.41, 5.74) is 0. The number of rotatable bonds is 7. The molecule has 1 aromatic rings. The fraction of sp³-hybridized carbons (Fsp3) is 0.500. The van der Waals surface area contributed by atoms with Gasteiger partial charge in [-0.3, -0.25) is 4.79 Å². The van der Waals surface area contributed by atoms with Crippen LogP contribution in [0.4, 0.5) is 0 Å². The van der Waals surface area contributed by atoms with Gasteiger partial charge < -0.3 is 15.0 Å². The SMILES string of the molecule is CNCCN(C)C(=O)C(C)COc1ccccc1.Cl. The normalized spacial score (nSPS) is 11.3. The number of carbonyl (C=O) groups is 1. The molecule has 1 aromatic carbocycles. The zero-order valence-electron chi connectivity index (χ0n) is 11.8. The van der Waals surface area contributed by atoms with E-state index in [0.717, 1.165) is 12.3 Å². The lowest BCUT2D eigenvalue weighted by molar-refractivity contribution is -0.134. The quantitative estimate of drug-likeness (QED) is 0.831. The van der Waals surface area contributed by atoms with Crippen molar-refractivity contribution in [2.24, 2.45) is 5.92 Å². The summed E-state index contributed by atoms with van der Waals surface area (Å²) in [6.07, 6.45) is 0. The molecule has 1 N–H and O–H groups in total. The molecule has 0 bridgehead atoms. The highest BCUT2D eigenvalue weighted by molar-refractivity contribution is 5.85. The van der Waals surface area contributed by atoms with Gasteiger partial charge in [-0.2, -0.15) is 0 Å². The van der Waals surface area contributed by atoms with Crippen molar-refractivity contribution in [3.63, 3.8) is 0 Å². The summed E-state index contributed by atoms with van der Waals surface area (Å²) in [5, 5.41) is 3.03. The third-order valence-corrected chi connectivity index (χ3v) is 2.74. The number of ether oxygens (including phenoxy) is 1. The van der Waals surface area contributed by atoms with Crippen LogP contribution in [0.25, 0.3) is 0 Å². The Kier molecular flexibility index (Phi) is 9.00. The Hall–Kier alpha value is -1.26. The van der Waals surface area contributed by atoms with Crippen molar-refractivity contribution in [1.82, 2.24) is 10.2 Å². The summed E-state index contributed by atoms with van der Waals surface area (Å²) in [4.78, 5) is 13.7. The minimum atomic E-state index is -0.132. The van der Waals surface area contributed by atoms with Crippen LogP contribution >= 0.6 is 12.4 Å². The summed E-state index contributed by atoms with van der Waals surface area (Å²) in [6, 6.07) is 9.55. The number of amides is 1. The first-order valence-electron chi connectivity index (χ1n) is 6.22. The number of likely N-dealkylation sites (N-methyl/N-ethyl adjacent to an activating group) is 2. The third kappa shape index (κ3) is 6.45. The van der Waals surface area contributed by atoms with Gasteiger partial charge in [-0.1, -0.05) is 25.1 Å². The van der Waals surface area contributed by atoms with E-state index in [0.29, 0.717) is 13.2 Å². The Morgan fingerprint density at radius 3 is 2.58 bits per heavy atom. The van der Waals surface area contributed by atoms with E-state index in [1.54, 1.807) is 4.90 Å². The maximum absolute atomic E-state index is 12.0. The van der Waals surface area contributed by atoms with Gasteiger partial charge in [-0.15, -0.1) is 12.4 Å². The standard InChI is InChI=1S/C14H22N2O2.ClH/c1-12(14(17)16(3)10-9-15-2)11-18-13-7-5-4-6-8-13;/h4-8,12,15H,9-11H2,1-3H3;1H. The monoisotopic (exact) mass is 286 g/mol. The molecule has 0 saturated carbocycles. The maximum Gasteiger partial charge on any atom is 0.228 e. The van der Waals surface area contributed by atoms with E-state index in [9.17, 15) is 4.79 Å². The molecule has 0 heterocycles. The van der Waals surface area contributed by atoms with E-state index < -0.39 is 0 Å². The summed E-state index contributed by atoms with van der Waals surface area (Å²) in [6.45, 7) is 3.81. The Morgan fingerprint density at radius 1 is 1.37 bits per heavy atom. The fourth-order valence-corrected chi connectivity index (χ4v) is 1.58. The first kappa shape index (κ1) is 17.7. The number of carbonyl (C=O) groups excluding carboxylic acids is 1. The van der Waals surface area contributed by atoms with Crippen molar-refractivity contribution in [2.45, 2.75) is 6.92 Å². The molecule has 4 nitrogen and oxygen atoms in total. The van der Waals surface area contributed by atoms with Gasteiger partial charge in [0.1, 0.15) is 5.75 Å². The molecule has 0 aromatic heterocycles. The molecule has 0 aliphatic heterocycles. The summed E-state index contributed by atoms with van der Waals surface area (Å²) >= 11 is 0. The van der Waals surface area contributed by atoms with Gasteiger partial charge in [0.05, 0.1) is 12.5 Å². The predicted octanol–water partition coefficient (Wildman–Crippen LogP) is 1.80. The number of para-hydroxylation sites is 1. The highest BCUT2D eigenvalue weighted by Crippen LogP contribution is 2.10. The minimum Gasteiger partial charge on any atom is -0.493 e. The van der Waals surface area contributed by atoms with Crippen LogP contribution in [-0.4, -0.2) is 44.6 Å². The number of nitrogens with zero attached hydrogens (tertiary/aromatic N) is 1. The molecule has 0 radical (unpaired) electrons. The lowest BCUT2D eigenvalue weighted by atomic mass is 10.1. The van der Waals surface area contributed by atoms with Crippen LogP contribution in [0, 0.1) is 5.92 Å². The zero-order valence-corrected chi connectivity index (χ0v) is 12.6. The van der Waals surface area contributed by atoms with E-state index in [4.69, 9.17) is 4.74 Å². The lowest BCUT2D eigenvalue weighted by Crippen LogP contribution is -2.37. The average Bonchev–Trinajstić information content (AvgIpc) is 2.42. The number of halogens is 1. The molecule has 1 amide bonds. The van der Waals surface area contributed by atoms with Gasteiger partial charge in [0.15, 0.2) is 0 Å². The highest BCUT2D eigenvalue weighted by atomic mass is 35.5. The van der Waals surface area contributed by atoms with Gasteiger partial charge in [-0.25, -0.2) is 0 Å². The Morgan fingerprint density at radius 2 is 2.00 bits per heavy atom. The minimum absolute atomic E-state index is 0. The number of hydrogen-bond acceptors (Lipinski definition) is 3. The second-order valence-electron chi connectivity index (χ2n) is 4.39. The fourth-order valence-electron chi connectivity index (χ4n) is 1.58. The van der Waals surface area contributed by atoms with Gasteiger partial charge in [0, 0.05) is 20.1 Å². The molecule has 108 valence electrons. The van der Waals surface area contributed by atoms with Crippen LogP contribution in [-0.2, 0) is 4.79 Å². The molecule has 5 heteroatoms. The van der Waals surface area contributed by atoms with Crippen molar-refractivity contribution in [3.8, 4) is 5.75 Å². The number of benzene rings is 1. The van der Waals surface area contributed by atoms with Gasteiger partial charge in [0.25, 0.3) is 0 Å². The van der Waals surface area contributed by atoms with E-state index in [1.807, 2.05) is 51.4 Å². The molecule has 1 unspecified atom stereocenters. The average molecular weight is 287 g/mol. The first-order chi connectivity index (χ1) is 8.65. The third-order valence-electron chi connectivity index (χ3n) is 2.74. The molecule has 1 atom stereocenters. The largest absolute Gasteiger partial charge is 0.493 e. The van der Waals surface area contributed by atoms with E-state index in [-0.39, 0.29) is 24.2 Å². The molecule has 0 spiro atoms. The Bertz CT molecular complexity index is 360. The van der Waals surface area contributed by atoms with Gasteiger partial charge in [0.2, 0.25) is 5.91 Å². The van der Waals surface area contributed by atoms with E-state index in [2.05, 4.69) is 5.32 Å². The van der Waals surface area contributed by atoms with Crippen LogP contribution < -0.4 is 10.1 Å². The molecule has 0 saturated heterocycles. The molecular weight excluding hydrogens is 264 g/mol. The second-order valence-corrected chi connectivity index (χ2v) is 4.39. The smallest absolute Gasteiger partial charge is 0.228 e. The van der Waals surface area contributed by atoms with Crippen molar-refractivity contribution in [2.75, 3.05) is 33.8 Å². The van der Waals surface area contributed by atoms with Crippen LogP contribution in [0.5, 0.6) is 5.75 Å². The number of hydrogen-bond donors (Lipinski definition) is 1. The lowest BCUT2D eigenvalue weighted by Gasteiger charge is -2.21. The van der Waals surface area contributed by atoms with Crippen LogP contribution in [0.15, 0.2) is 30.3 Å².